The zero-order valence-electron chi connectivity index (χ0n) is 15.4. The number of para-hydroxylation sites is 1. The number of benzene rings is 2. The number of nitrogens with two attached hydrogens (primary N) is 1. The largest absolute Gasteiger partial charge is 0.339 e. The number of likely N-dealkylation sites (tertiary alicyclic amines) is 1. The Hall–Kier alpha value is -2.71. The second-order valence-electron chi connectivity index (χ2n) is 6.81. The van der Waals surface area contributed by atoms with Crippen molar-refractivity contribution in [3.63, 3.8) is 0 Å². The summed E-state index contributed by atoms with van der Waals surface area (Å²) in [7, 11) is -3.77. The molecule has 1 aliphatic heterocycles. The Kier molecular flexibility index (Phi) is 6.11. The van der Waals surface area contributed by atoms with Crippen LogP contribution in [-0.4, -0.2) is 38.2 Å². The highest BCUT2D eigenvalue weighted by Crippen LogP contribution is 2.20. The molecule has 28 heavy (non-hydrogen) atoms. The van der Waals surface area contributed by atoms with Gasteiger partial charge in [0.05, 0.1) is 22.6 Å². The number of nitrogens with zero attached hydrogens (tertiary/aromatic N) is 1. The molecule has 0 saturated carbocycles. The molecule has 1 saturated heterocycles. The van der Waals surface area contributed by atoms with Gasteiger partial charge < -0.3 is 10.2 Å². The number of sulfonamides is 1. The number of primary sulfonamides is 1. The molecular weight excluding hydrogens is 378 g/mol. The molecule has 0 aliphatic carbocycles. The third-order valence-corrected chi connectivity index (χ3v) is 5.62. The van der Waals surface area contributed by atoms with Crippen LogP contribution in [0.2, 0.25) is 0 Å². The summed E-state index contributed by atoms with van der Waals surface area (Å²) in [5.41, 5.74) is 1.59. The van der Waals surface area contributed by atoms with Crippen LogP contribution >= 0.6 is 0 Å². The molecule has 3 N–H and O–H groups in total. The van der Waals surface area contributed by atoms with Crippen LogP contribution in [0.15, 0.2) is 53.4 Å². The molecule has 7 nitrogen and oxygen atoms in total. The van der Waals surface area contributed by atoms with E-state index in [4.69, 9.17) is 5.14 Å². The number of amides is 2. The summed E-state index contributed by atoms with van der Waals surface area (Å²) in [6.45, 7) is 1.47. The van der Waals surface area contributed by atoms with Crippen molar-refractivity contribution in [2.45, 2.75) is 30.6 Å². The molecule has 2 amide bonds. The van der Waals surface area contributed by atoms with E-state index in [9.17, 15) is 18.0 Å². The van der Waals surface area contributed by atoms with E-state index in [1.807, 2.05) is 4.90 Å². The molecule has 2 aromatic carbocycles. The Morgan fingerprint density at radius 1 is 0.964 bits per heavy atom. The molecular formula is C20H23N3O4S. The first-order valence-corrected chi connectivity index (χ1v) is 10.7. The highest BCUT2D eigenvalue weighted by molar-refractivity contribution is 7.89. The number of carbonyl (C=O) groups excluding carboxylic acids is 2. The predicted octanol–water partition coefficient (Wildman–Crippen LogP) is 2.14. The second kappa shape index (κ2) is 8.53. The molecule has 0 spiro atoms. The van der Waals surface area contributed by atoms with E-state index < -0.39 is 10.0 Å². The van der Waals surface area contributed by atoms with Gasteiger partial charge in [-0.05, 0) is 49.1 Å². The van der Waals surface area contributed by atoms with Gasteiger partial charge in [0.15, 0.2) is 0 Å². The minimum Gasteiger partial charge on any atom is -0.339 e. The predicted molar refractivity (Wildman–Crippen MR) is 106 cm³/mol. The van der Waals surface area contributed by atoms with Crippen molar-refractivity contribution < 1.29 is 18.0 Å². The van der Waals surface area contributed by atoms with E-state index in [0.717, 1.165) is 32.4 Å². The number of anilines is 1. The van der Waals surface area contributed by atoms with Gasteiger partial charge in [-0.15, -0.1) is 0 Å². The lowest BCUT2D eigenvalue weighted by Gasteiger charge is -2.27. The topological polar surface area (TPSA) is 110 Å². The zero-order chi connectivity index (χ0) is 20.1. The first-order chi connectivity index (χ1) is 13.3. The zero-order valence-corrected chi connectivity index (χ0v) is 16.2. The van der Waals surface area contributed by atoms with Gasteiger partial charge in [0.2, 0.25) is 15.9 Å². The van der Waals surface area contributed by atoms with Crippen LogP contribution in [0.4, 0.5) is 5.69 Å². The van der Waals surface area contributed by atoms with Crippen molar-refractivity contribution in [3.05, 3.63) is 59.7 Å². The van der Waals surface area contributed by atoms with Crippen LogP contribution in [-0.2, 0) is 21.2 Å². The first kappa shape index (κ1) is 20.0. The third-order valence-electron chi connectivity index (χ3n) is 4.69. The number of hydrogen-bond acceptors (Lipinski definition) is 4. The number of piperidine rings is 1. The van der Waals surface area contributed by atoms with Crippen LogP contribution in [0.25, 0.3) is 0 Å². The van der Waals surface area contributed by atoms with Crippen LogP contribution in [0.5, 0.6) is 0 Å². The number of rotatable bonds is 5. The molecule has 0 radical (unpaired) electrons. The SMILES string of the molecule is NS(=O)(=O)c1ccc(CC(=O)Nc2ccccc2C(=O)N2CCCCC2)cc1. The number of carbonyl (C=O) groups is 2. The van der Waals surface area contributed by atoms with Crippen LogP contribution in [0, 0.1) is 0 Å². The number of hydrogen-bond donors (Lipinski definition) is 2. The molecule has 1 fully saturated rings. The maximum atomic E-state index is 12.8. The van der Waals surface area contributed by atoms with E-state index >= 15 is 0 Å². The summed E-state index contributed by atoms with van der Waals surface area (Å²) in [5, 5.41) is 7.87. The molecule has 0 aromatic heterocycles. The van der Waals surface area contributed by atoms with Gasteiger partial charge in [0, 0.05) is 13.1 Å². The molecule has 1 aliphatic rings. The molecule has 3 rings (SSSR count). The summed E-state index contributed by atoms with van der Waals surface area (Å²) in [6, 6.07) is 12.8. The Bertz CT molecular complexity index is 965. The molecule has 8 heteroatoms. The van der Waals surface area contributed by atoms with E-state index in [1.54, 1.807) is 36.4 Å². The van der Waals surface area contributed by atoms with Gasteiger partial charge in [-0.1, -0.05) is 24.3 Å². The van der Waals surface area contributed by atoms with E-state index in [1.165, 1.54) is 12.1 Å². The second-order valence-corrected chi connectivity index (χ2v) is 8.37. The van der Waals surface area contributed by atoms with Gasteiger partial charge in [-0.25, -0.2) is 13.6 Å². The summed E-state index contributed by atoms with van der Waals surface area (Å²) in [6.07, 6.45) is 3.17. The summed E-state index contributed by atoms with van der Waals surface area (Å²) in [5.74, 6) is -0.365. The Labute approximate surface area is 164 Å². The fourth-order valence-corrected chi connectivity index (χ4v) is 3.74. The standard InChI is InChI=1S/C20H23N3O4S/c21-28(26,27)16-10-8-15(9-11-16)14-19(24)22-18-7-3-2-6-17(18)20(25)23-12-4-1-5-13-23/h2-3,6-11H,1,4-5,12-14H2,(H,22,24)(H2,21,26,27). The maximum Gasteiger partial charge on any atom is 0.255 e. The van der Waals surface area contributed by atoms with E-state index in [-0.39, 0.29) is 23.1 Å². The van der Waals surface area contributed by atoms with Crippen molar-refractivity contribution in [2.24, 2.45) is 5.14 Å². The quantitative estimate of drug-likeness (QED) is 0.800. The molecule has 0 unspecified atom stereocenters. The molecule has 148 valence electrons. The molecule has 0 bridgehead atoms. The average molecular weight is 401 g/mol. The molecule has 1 heterocycles. The normalized spacial score (nSPS) is 14.5. The van der Waals surface area contributed by atoms with E-state index in [2.05, 4.69) is 5.32 Å². The van der Waals surface area contributed by atoms with Crippen molar-refractivity contribution in [3.8, 4) is 0 Å². The summed E-state index contributed by atoms with van der Waals surface area (Å²) in [4.78, 5) is 27.0. The minimum atomic E-state index is -3.77. The van der Waals surface area contributed by atoms with Crippen molar-refractivity contribution >= 4 is 27.5 Å². The van der Waals surface area contributed by atoms with Gasteiger partial charge in [0.1, 0.15) is 0 Å². The van der Waals surface area contributed by atoms with Crippen molar-refractivity contribution in [1.82, 2.24) is 4.90 Å². The van der Waals surface area contributed by atoms with Gasteiger partial charge >= 0.3 is 0 Å². The fraction of sp³-hybridized carbons (Fsp3) is 0.300. The minimum absolute atomic E-state index is 0.00543. The Morgan fingerprint density at radius 2 is 1.61 bits per heavy atom. The van der Waals surface area contributed by atoms with E-state index in [0.29, 0.717) is 16.8 Å². The van der Waals surface area contributed by atoms with Crippen LogP contribution in [0.3, 0.4) is 0 Å². The lowest BCUT2D eigenvalue weighted by atomic mass is 10.1. The average Bonchev–Trinajstić information content (AvgIpc) is 2.68. The number of nitrogens with one attached hydrogen (secondary N) is 1. The summed E-state index contributed by atoms with van der Waals surface area (Å²) >= 11 is 0. The highest BCUT2D eigenvalue weighted by Gasteiger charge is 2.21. The molecule has 2 aromatic rings. The molecule has 0 atom stereocenters. The highest BCUT2D eigenvalue weighted by atomic mass is 32.2. The Morgan fingerprint density at radius 3 is 2.25 bits per heavy atom. The Balaban J connectivity index is 1.70. The van der Waals surface area contributed by atoms with Gasteiger partial charge in [-0.2, -0.15) is 0 Å². The van der Waals surface area contributed by atoms with Gasteiger partial charge in [0.25, 0.3) is 5.91 Å². The summed E-state index contributed by atoms with van der Waals surface area (Å²) < 4.78 is 22.6. The lowest BCUT2D eigenvalue weighted by Crippen LogP contribution is -2.36. The van der Waals surface area contributed by atoms with Gasteiger partial charge in [-0.3, -0.25) is 9.59 Å². The monoisotopic (exact) mass is 401 g/mol. The van der Waals surface area contributed by atoms with Crippen molar-refractivity contribution in [2.75, 3.05) is 18.4 Å². The van der Waals surface area contributed by atoms with Crippen LogP contribution in [0.1, 0.15) is 35.2 Å². The lowest BCUT2D eigenvalue weighted by molar-refractivity contribution is -0.115. The van der Waals surface area contributed by atoms with Crippen LogP contribution < -0.4 is 10.5 Å². The fourth-order valence-electron chi connectivity index (χ4n) is 3.22. The van der Waals surface area contributed by atoms with Crippen molar-refractivity contribution in [1.29, 1.82) is 0 Å². The smallest absolute Gasteiger partial charge is 0.255 e. The third kappa shape index (κ3) is 4.96. The maximum absolute atomic E-state index is 12.8. The first-order valence-electron chi connectivity index (χ1n) is 9.14.